The summed E-state index contributed by atoms with van der Waals surface area (Å²) >= 11 is 0. The fourth-order valence-corrected chi connectivity index (χ4v) is 1.27. The molecular formula is C7H16N2O. The van der Waals surface area contributed by atoms with E-state index in [4.69, 9.17) is 10.5 Å². The standard InChI is InChI=1S/C7H16N2O/c8-6-10-7-9-4-2-1-3-5-9/h1-8H2. The lowest BCUT2D eigenvalue weighted by Crippen LogP contribution is -2.32. The van der Waals surface area contributed by atoms with Gasteiger partial charge in [0.15, 0.2) is 0 Å². The largest absolute Gasteiger partial charge is 0.351 e. The van der Waals surface area contributed by atoms with E-state index in [9.17, 15) is 0 Å². The minimum absolute atomic E-state index is 0.344. The van der Waals surface area contributed by atoms with E-state index in [0.29, 0.717) is 6.73 Å². The maximum atomic E-state index is 5.20. The van der Waals surface area contributed by atoms with Gasteiger partial charge < -0.3 is 10.5 Å². The Kier molecular flexibility index (Phi) is 3.72. The first-order chi connectivity index (χ1) is 4.93. The van der Waals surface area contributed by atoms with E-state index < -0.39 is 0 Å². The number of ether oxygens (including phenoxy) is 1. The molecule has 0 aliphatic carbocycles. The molecule has 0 saturated carbocycles. The van der Waals surface area contributed by atoms with Crippen molar-refractivity contribution in [2.75, 3.05) is 26.6 Å². The molecule has 2 N–H and O–H groups in total. The summed E-state index contributed by atoms with van der Waals surface area (Å²) in [5.74, 6) is 0. The first-order valence-electron chi connectivity index (χ1n) is 3.93. The van der Waals surface area contributed by atoms with E-state index in [-0.39, 0.29) is 0 Å². The fourth-order valence-electron chi connectivity index (χ4n) is 1.27. The normalized spacial score (nSPS) is 21.3. The SMILES string of the molecule is NCOCN1CCCCC1. The Balaban J connectivity index is 2.02. The second kappa shape index (κ2) is 4.66. The van der Waals surface area contributed by atoms with Gasteiger partial charge in [0.05, 0.1) is 6.73 Å². The van der Waals surface area contributed by atoms with Gasteiger partial charge in [-0.05, 0) is 12.8 Å². The zero-order valence-electron chi connectivity index (χ0n) is 6.38. The zero-order chi connectivity index (χ0) is 7.23. The molecule has 0 bridgehead atoms. The Morgan fingerprint density at radius 3 is 2.50 bits per heavy atom. The van der Waals surface area contributed by atoms with Crippen molar-refractivity contribution in [3.8, 4) is 0 Å². The number of likely N-dealkylation sites (tertiary alicyclic amines) is 1. The number of hydrogen-bond donors (Lipinski definition) is 1. The van der Waals surface area contributed by atoms with E-state index in [1.54, 1.807) is 0 Å². The van der Waals surface area contributed by atoms with Crippen LogP contribution in [-0.2, 0) is 4.74 Å². The van der Waals surface area contributed by atoms with Crippen molar-refractivity contribution in [3.63, 3.8) is 0 Å². The van der Waals surface area contributed by atoms with Crippen LogP contribution in [0.1, 0.15) is 19.3 Å². The molecule has 3 heteroatoms. The van der Waals surface area contributed by atoms with Gasteiger partial charge in [0.1, 0.15) is 6.73 Å². The molecule has 1 fully saturated rings. The molecule has 60 valence electrons. The Morgan fingerprint density at radius 2 is 1.90 bits per heavy atom. The van der Waals surface area contributed by atoms with Crippen molar-refractivity contribution < 1.29 is 4.74 Å². The molecule has 3 nitrogen and oxygen atoms in total. The summed E-state index contributed by atoms with van der Waals surface area (Å²) in [6.45, 7) is 3.42. The quantitative estimate of drug-likeness (QED) is 0.581. The van der Waals surface area contributed by atoms with Crippen LogP contribution in [0.4, 0.5) is 0 Å². The molecule has 0 amide bonds. The molecule has 1 saturated heterocycles. The monoisotopic (exact) mass is 144 g/mol. The highest BCUT2D eigenvalue weighted by Crippen LogP contribution is 2.07. The average Bonchev–Trinajstić information content (AvgIpc) is 2.03. The highest BCUT2D eigenvalue weighted by Gasteiger charge is 2.08. The molecule has 0 aromatic rings. The van der Waals surface area contributed by atoms with E-state index in [1.165, 1.54) is 32.4 Å². The summed E-state index contributed by atoms with van der Waals surface area (Å²) in [5.41, 5.74) is 5.20. The predicted molar refractivity (Wildman–Crippen MR) is 40.4 cm³/mol. The third-order valence-corrected chi connectivity index (χ3v) is 1.84. The Morgan fingerprint density at radius 1 is 1.20 bits per heavy atom. The molecule has 0 unspecified atom stereocenters. The van der Waals surface area contributed by atoms with Crippen LogP contribution in [0.3, 0.4) is 0 Å². The summed E-state index contributed by atoms with van der Waals surface area (Å²) in [6, 6.07) is 0. The number of rotatable bonds is 3. The predicted octanol–water partition coefficient (Wildman–Crippen LogP) is 0.363. The van der Waals surface area contributed by atoms with Crippen LogP contribution in [0, 0.1) is 0 Å². The second-order valence-electron chi connectivity index (χ2n) is 2.68. The molecule has 0 radical (unpaired) electrons. The molecule has 1 aliphatic rings. The molecule has 1 heterocycles. The maximum absolute atomic E-state index is 5.20. The van der Waals surface area contributed by atoms with Crippen molar-refractivity contribution in [2.24, 2.45) is 5.73 Å². The molecule has 10 heavy (non-hydrogen) atoms. The van der Waals surface area contributed by atoms with Crippen LogP contribution in [-0.4, -0.2) is 31.5 Å². The topological polar surface area (TPSA) is 38.5 Å². The lowest BCUT2D eigenvalue weighted by Gasteiger charge is -2.25. The van der Waals surface area contributed by atoms with Crippen molar-refractivity contribution >= 4 is 0 Å². The number of hydrogen-bond acceptors (Lipinski definition) is 3. The Hall–Kier alpha value is -0.120. The Bertz CT molecular complexity index is 81.7. The van der Waals surface area contributed by atoms with Crippen LogP contribution in [0.5, 0.6) is 0 Å². The van der Waals surface area contributed by atoms with Gasteiger partial charge in [-0.3, -0.25) is 4.90 Å². The molecule has 0 atom stereocenters. The third kappa shape index (κ3) is 2.64. The number of nitrogens with zero attached hydrogens (tertiary/aromatic N) is 1. The van der Waals surface area contributed by atoms with Crippen molar-refractivity contribution in [1.82, 2.24) is 4.90 Å². The molecular weight excluding hydrogens is 128 g/mol. The zero-order valence-corrected chi connectivity index (χ0v) is 6.38. The van der Waals surface area contributed by atoms with Crippen molar-refractivity contribution in [3.05, 3.63) is 0 Å². The van der Waals surface area contributed by atoms with E-state index in [2.05, 4.69) is 4.90 Å². The summed E-state index contributed by atoms with van der Waals surface area (Å²) < 4.78 is 5.08. The number of piperidine rings is 1. The summed E-state index contributed by atoms with van der Waals surface area (Å²) in [7, 11) is 0. The van der Waals surface area contributed by atoms with E-state index in [0.717, 1.165) is 6.73 Å². The van der Waals surface area contributed by atoms with Crippen LogP contribution < -0.4 is 5.73 Å². The molecule has 0 spiro atoms. The van der Waals surface area contributed by atoms with Gasteiger partial charge in [-0.2, -0.15) is 0 Å². The van der Waals surface area contributed by atoms with Crippen LogP contribution in [0.2, 0.25) is 0 Å². The highest BCUT2D eigenvalue weighted by molar-refractivity contribution is 4.60. The van der Waals surface area contributed by atoms with Crippen LogP contribution in [0.25, 0.3) is 0 Å². The van der Waals surface area contributed by atoms with Gasteiger partial charge in [-0.15, -0.1) is 0 Å². The van der Waals surface area contributed by atoms with Gasteiger partial charge in [0.25, 0.3) is 0 Å². The molecule has 1 aliphatic heterocycles. The third-order valence-electron chi connectivity index (χ3n) is 1.84. The lowest BCUT2D eigenvalue weighted by molar-refractivity contribution is 0.0221. The minimum atomic E-state index is 0.344. The average molecular weight is 144 g/mol. The van der Waals surface area contributed by atoms with E-state index in [1.807, 2.05) is 0 Å². The van der Waals surface area contributed by atoms with Crippen LogP contribution >= 0.6 is 0 Å². The van der Waals surface area contributed by atoms with Gasteiger partial charge in [-0.25, -0.2) is 0 Å². The molecule has 0 aromatic heterocycles. The molecule has 0 aromatic carbocycles. The smallest absolute Gasteiger partial charge is 0.101 e. The second-order valence-corrected chi connectivity index (χ2v) is 2.68. The fraction of sp³-hybridized carbons (Fsp3) is 1.00. The maximum Gasteiger partial charge on any atom is 0.101 e. The summed E-state index contributed by atoms with van der Waals surface area (Å²) in [5, 5.41) is 0. The first-order valence-corrected chi connectivity index (χ1v) is 3.93. The lowest BCUT2D eigenvalue weighted by atomic mass is 10.1. The first kappa shape index (κ1) is 7.98. The van der Waals surface area contributed by atoms with Gasteiger partial charge >= 0.3 is 0 Å². The summed E-state index contributed by atoms with van der Waals surface area (Å²) in [4.78, 5) is 2.30. The van der Waals surface area contributed by atoms with Crippen molar-refractivity contribution in [2.45, 2.75) is 19.3 Å². The minimum Gasteiger partial charge on any atom is -0.351 e. The Labute approximate surface area is 62.1 Å². The highest BCUT2D eigenvalue weighted by atomic mass is 16.5. The van der Waals surface area contributed by atoms with Crippen molar-refractivity contribution in [1.29, 1.82) is 0 Å². The van der Waals surface area contributed by atoms with Gasteiger partial charge in [-0.1, -0.05) is 6.42 Å². The number of nitrogens with two attached hydrogens (primary N) is 1. The van der Waals surface area contributed by atoms with Gasteiger partial charge in [0, 0.05) is 13.1 Å². The summed E-state index contributed by atoms with van der Waals surface area (Å²) in [6.07, 6.45) is 4.00. The van der Waals surface area contributed by atoms with Crippen LogP contribution in [0.15, 0.2) is 0 Å². The molecule has 1 rings (SSSR count). The van der Waals surface area contributed by atoms with Gasteiger partial charge in [0.2, 0.25) is 0 Å². The van der Waals surface area contributed by atoms with E-state index >= 15 is 0 Å².